The lowest BCUT2D eigenvalue weighted by Crippen LogP contribution is -2.32. The molecule has 0 bridgehead atoms. The number of fused-ring (bicyclic) bond motifs is 2. The van der Waals surface area contributed by atoms with Crippen LogP contribution in [0.1, 0.15) is 29.0 Å². The number of thioether (sulfide) groups is 1. The van der Waals surface area contributed by atoms with Gasteiger partial charge in [-0.1, -0.05) is 0 Å². The molecule has 1 aliphatic carbocycles. The van der Waals surface area contributed by atoms with Crippen molar-refractivity contribution in [2.24, 2.45) is 0 Å². The van der Waals surface area contributed by atoms with Gasteiger partial charge in [0, 0.05) is 16.2 Å². The number of rotatable bonds is 3. The van der Waals surface area contributed by atoms with Crippen LogP contribution >= 0.6 is 23.1 Å². The fraction of sp³-hybridized carbons (Fsp3) is 0.353. The Morgan fingerprint density at radius 1 is 1.33 bits per heavy atom. The Balaban J connectivity index is 1.42. The highest BCUT2D eigenvalue weighted by Crippen LogP contribution is 2.40. The van der Waals surface area contributed by atoms with Crippen LogP contribution in [0, 0.1) is 0 Å². The number of hydrogen-bond donors (Lipinski definition) is 2. The zero-order valence-corrected chi connectivity index (χ0v) is 15.5. The molecule has 1 aromatic heterocycles. The summed E-state index contributed by atoms with van der Waals surface area (Å²) in [4.78, 5) is 30.6. The highest BCUT2D eigenvalue weighted by atomic mass is 32.2. The maximum Gasteiger partial charge on any atom is 0.416 e. The number of amides is 2. The normalized spacial score (nSPS) is 18.6. The summed E-state index contributed by atoms with van der Waals surface area (Å²) in [5.74, 6) is -0.825. The summed E-state index contributed by atoms with van der Waals surface area (Å²) in [6.45, 7) is 0. The Morgan fingerprint density at radius 2 is 2.15 bits per heavy atom. The van der Waals surface area contributed by atoms with Gasteiger partial charge in [0.15, 0.2) is 5.13 Å². The van der Waals surface area contributed by atoms with Crippen molar-refractivity contribution in [1.29, 1.82) is 0 Å². The monoisotopic (exact) mass is 413 g/mol. The van der Waals surface area contributed by atoms with Crippen molar-refractivity contribution in [3.8, 4) is 0 Å². The van der Waals surface area contributed by atoms with E-state index in [1.165, 1.54) is 22.3 Å². The number of carbonyl (C=O) groups is 2. The minimum atomic E-state index is -4.48. The molecule has 27 heavy (non-hydrogen) atoms. The van der Waals surface area contributed by atoms with Crippen LogP contribution in [0.5, 0.6) is 0 Å². The van der Waals surface area contributed by atoms with Gasteiger partial charge in [-0.3, -0.25) is 9.59 Å². The average Bonchev–Trinajstić information content (AvgIpc) is 3.15. The molecule has 0 spiro atoms. The van der Waals surface area contributed by atoms with Crippen molar-refractivity contribution in [3.05, 3.63) is 34.3 Å². The molecule has 2 aromatic rings. The number of thiazole rings is 1. The number of halogens is 3. The third kappa shape index (κ3) is 3.81. The summed E-state index contributed by atoms with van der Waals surface area (Å²) < 4.78 is 38.4. The smallest absolute Gasteiger partial charge is 0.324 e. The fourth-order valence-electron chi connectivity index (χ4n) is 3.04. The van der Waals surface area contributed by atoms with E-state index in [4.69, 9.17) is 0 Å². The van der Waals surface area contributed by atoms with E-state index >= 15 is 0 Å². The topological polar surface area (TPSA) is 71.1 Å². The van der Waals surface area contributed by atoms with Crippen molar-refractivity contribution >= 4 is 45.7 Å². The Kier molecular flexibility index (Phi) is 4.63. The Morgan fingerprint density at radius 3 is 2.89 bits per heavy atom. The molecule has 2 heterocycles. The SMILES string of the molecule is O=C(CC1Sc2ccc(C(F)(F)F)cc2NC1=O)Nc1nc2c(s1)CCC2. The van der Waals surface area contributed by atoms with Gasteiger partial charge in [-0.2, -0.15) is 13.2 Å². The molecule has 1 atom stereocenters. The lowest BCUT2D eigenvalue weighted by atomic mass is 10.1. The maximum atomic E-state index is 12.8. The molecule has 1 aromatic carbocycles. The molecule has 4 rings (SSSR count). The second kappa shape index (κ2) is 6.83. The van der Waals surface area contributed by atoms with Crippen LogP contribution in [0.15, 0.2) is 23.1 Å². The lowest BCUT2D eigenvalue weighted by molar-refractivity contribution is -0.137. The molecule has 0 saturated carbocycles. The van der Waals surface area contributed by atoms with E-state index in [0.29, 0.717) is 10.0 Å². The summed E-state index contributed by atoms with van der Waals surface area (Å²) in [5, 5.41) is 5.01. The number of aromatic nitrogens is 1. The molecule has 2 N–H and O–H groups in total. The number of hydrogen-bond acceptors (Lipinski definition) is 5. The summed E-state index contributed by atoms with van der Waals surface area (Å²) in [6.07, 6.45) is -1.59. The molecule has 1 aliphatic heterocycles. The molecule has 10 heteroatoms. The van der Waals surface area contributed by atoms with Gasteiger partial charge in [0.2, 0.25) is 11.8 Å². The number of benzene rings is 1. The van der Waals surface area contributed by atoms with Gasteiger partial charge >= 0.3 is 6.18 Å². The van der Waals surface area contributed by atoms with Gasteiger partial charge < -0.3 is 10.6 Å². The number of aryl methyl sites for hydroxylation is 2. The molecule has 1 unspecified atom stereocenters. The average molecular weight is 413 g/mol. The van der Waals surface area contributed by atoms with Crippen molar-refractivity contribution in [2.45, 2.75) is 42.0 Å². The zero-order valence-electron chi connectivity index (χ0n) is 13.9. The molecule has 5 nitrogen and oxygen atoms in total. The van der Waals surface area contributed by atoms with E-state index in [2.05, 4.69) is 15.6 Å². The van der Waals surface area contributed by atoms with E-state index in [-0.39, 0.29) is 18.0 Å². The van der Waals surface area contributed by atoms with Crippen molar-refractivity contribution in [1.82, 2.24) is 4.98 Å². The molecule has 2 aliphatic rings. The third-order valence-electron chi connectivity index (χ3n) is 4.34. The van der Waals surface area contributed by atoms with E-state index in [1.54, 1.807) is 0 Å². The Bertz CT molecular complexity index is 905. The van der Waals surface area contributed by atoms with Crippen LogP contribution in [-0.2, 0) is 28.6 Å². The summed E-state index contributed by atoms with van der Waals surface area (Å²) in [5.41, 5.74) is 0.317. The highest BCUT2D eigenvalue weighted by molar-refractivity contribution is 8.01. The quantitative estimate of drug-likeness (QED) is 0.795. The minimum absolute atomic E-state index is 0.0821. The Hall–Kier alpha value is -2.07. The van der Waals surface area contributed by atoms with Gasteiger partial charge in [0.25, 0.3) is 0 Å². The molecule has 142 valence electrons. The van der Waals surface area contributed by atoms with E-state index in [0.717, 1.165) is 48.9 Å². The number of nitrogens with one attached hydrogen (secondary N) is 2. The van der Waals surface area contributed by atoms with Gasteiger partial charge in [-0.15, -0.1) is 23.1 Å². The molecule has 0 fully saturated rings. The van der Waals surface area contributed by atoms with Gasteiger partial charge in [-0.05, 0) is 37.5 Å². The Labute approximate surface area is 160 Å². The van der Waals surface area contributed by atoms with Crippen LogP contribution in [0.4, 0.5) is 24.0 Å². The lowest BCUT2D eigenvalue weighted by Gasteiger charge is -2.24. The molecular weight excluding hydrogens is 399 g/mol. The summed E-state index contributed by atoms with van der Waals surface area (Å²) in [6, 6.07) is 3.20. The fourth-order valence-corrected chi connectivity index (χ4v) is 5.20. The summed E-state index contributed by atoms with van der Waals surface area (Å²) >= 11 is 2.54. The molecular formula is C17H14F3N3O2S2. The second-order valence-electron chi connectivity index (χ2n) is 6.30. The van der Waals surface area contributed by atoms with Crippen molar-refractivity contribution < 1.29 is 22.8 Å². The van der Waals surface area contributed by atoms with Gasteiger partial charge in [0.1, 0.15) is 0 Å². The maximum absolute atomic E-state index is 12.8. The van der Waals surface area contributed by atoms with Crippen LogP contribution in [0.2, 0.25) is 0 Å². The van der Waals surface area contributed by atoms with E-state index in [1.807, 2.05) is 0 Å². The highest BCUT2D eigenvalue weighted by Gasteiger charge is 2.34. The van der Waals surface area contributed by atoms with Crippen molar-refractivity contribution in [2.75, 3.05) is 10.6 Å². The van der Waals surface area contributed by atoms with E-state index in [9.17, 15) is 22.8 Å². The van der Waals surface area contributed by atoms with Gasteiger partial charge in [0.05, 0.1) is 22.2 Å². The van der Waals surface area contributed by atoms with E-state index < -0.39 is 22.9 Å². The first-order valence-corrected chi connectivity index (χ1v) is 9.96. The molecule has 0 saturated heterocycles. The predicted octanol–water partition coefficient (Wildman–Crippen LogP) is 4.09. The van der Waals surface area contributed by atoms with Crippen LogP contribution < -0.4 is 10.6 Å². The number of carbonyl (C=O) groups excluding carboxylic acids is 2. The first-order valence-electron chi connectivity index (χ1n) is 8.27. The third-order valence-corrected chi connectivity index (χ3v) is 6.69. The van der Waals surface area contributed by atoms with Crippen LogP contribution in [0.25, 0.3) is 0 Å². The number of nitrogens with zero attached hydrogens (tertiary/aromatic N) is 1. The molecule has 0 radical (unpaired) electrons. The predicted molar refractivity (Wildman–Crippen MR) is 97.1 cm³/mol. The van der Waals surface area contributed by atoms with Crippen LogP contribution in [-0.4, -0.2) is 22.0 Å². The molecule has 2 amide bonds. The second-order valence-corrected chi connectivity index (χ2v) is 8.63. The summed E-state index contributed by atoms with van der Waals surface area (Å²) in [7, 11) is 0. The first kappa shape index (κ1) is 18.3. The largest absolute Gasteiger partial charge is 0.416 e. The number of anilines is 2. The van der Waals surface area contributed by atoms with Crippen LogP contribution in [0.3, 0.4) is 0 Å². The number of alkyl halides is 3. The van der Waals surface area contributed by atoms with Gasteiger partial charge in [-0.25, -0.2) is 4.98 Å². The minimum Gasteiger partial charge on any atom is -0.324 e. The van der Waals surface area contributed by atoms with Crippen molar-refractivity contribution in [3.63, 3.8) is 0 Å². The standard InChI is InChI=1S/C17H14F3N3O2S2/c18-17(19,20)8-4-5-12-10(6-8)21-15(25)13(26-12)7-14(24)23-16-22-9-2-1-3-11(9)27-16/h4-6,13H,1-3,7H2,(H,21,25)(H,22,23,24). The first-order chi connectivity index (χ1) is 12.8. The zero-order chi connectivity index (χ0) is 19.2.